The van der Waals surface area contributed by atoms with Crippen LogP contribution in [0.4, 0.5) is 10.5 Å². The van der Waals surface area contributed by atoms with Crippen LogP contribution in [0.15, 0.2) is 12.1 Å². The molecule has 0 bridgehead atoms. The van der Waals surface area contributed by atoms with Crippen LogP contribution in [0.2, 0.25) is 0 Å². The van der Waals surface area contributed by atoms with Gasteiger partial charge in [0.15, 0.2) is 0 Å². The highest BCUT2D eigenvalue weighted by Gasteiger charge is 2.15. The third kappa shape index (κ3) is 2.12. The lowest BCUT2D eigenvalue weighted by molar-refractivity contribution is 0.202. The predicted octanol–water partition coefficient (Wildman–Crippen LogP) is 3.12. The van der Waals surface area contributed by atoms with E-state index in [9.17, 15) is 4.79 Å². The molecule has 0 aromatic heterocycles. The van der Waals surface area contributed by atoms with Gasteiger partial charge >= 0.3 is 6.09 Å². The standard InChI is InChI=1S/C12H17NO2/c1-5-13(12(14)15)11-7-6-8(2)9(3)10(11)4/h6-7H,5H2,1-4H3,(H,14,15). The number of carboxylic acid groups (broad SMARTS) is 1. The minimum atomic E-state index is -0.899. The predicted molar refractivity (Wildman–Crippen MR) is 61.7 cm³/mol. The number of benzene rings is 1. The average molecular weight is 207 g/mol. The molecule has 0 fully saturated rings. The summed E-state index contributed by atoms with van der Waals surface area (Å²) in [5.74, 6) is 0. The zero-order chi connectivity index (χ0) is 11.6. The molecule has 3 nitrogen and oxygen atoms in total. The van der Waals surface area contributed by atoms with Crippen molar-refractivity contribution in [2.75, 3.05) is 11.4 Å². The molecule has 15 heavy (non-hydrogen) atoms. The Morgan fingerprint density at radius 3 is 2.33 bits per heavy atom. The van der Waals surface area contributed by atoms with Gasteiger partial charge in [-0.1, -0.05) is 6.07 Å². The van der Waals surface area contributed by atoms with Crippen molar-refractivity contribution >= 4 is 11.8 Å². The lowest BCUT2D eigenvalue weighted by atomic mass is 10.0. The van der Waals surface area contributed by atoms with E-state index >= 15 is 0 Å². The first-order valence-corrected chi connectivity index (χ1v) is 5.06. The SMILES string of the molecule is CCN(C(=O)O)c1ccc(C)c(C)c1C. The van der Waals surface area contributed by atoms with E-state index in [1.165, 1.54) is 10.5 Å². The molecule has 0 saturated heterocycles. The summed E-state index contributed by atoms with van der Waals surface area (Å²) >= 11 is 0. The first kappa shape index (κ1) is 11.6. The van der Waals surface area contributed by atoms with E-state index in [1.807, 2.05) is 39.8 Å². The lowest BCUT2D eigenvalue weighted by Gasteiger charge is -2.21. The maximum absolute atomic E-state index is 11.0. The van der Waals surface area contributed by atoms with Gasteiger partial charge in [-0.2, -0.15) is 0 Å². The number of hydrogen-bond acceptors (Lipinski definition) is 1. The molecule has 0 atom stereocenters. The van der Waals surface area contributed by atoms with E-state index < -0.39 is 6.09 Å². The molecule has 0 radical (unpaired) electrons. The molecule has 1 N–H and O–H groups in total. The van der Waals surface area contributed by atoms with Crippen molar-refractivity contribution < 1.29 is 9.90 Å². The number of amides is 1. The summed E-state index contributed by atoms with van der Waals surface area (Å²) in [6, 6.07) is 3.83. The van der Waals surface area contributed by atoms with Gasteiger partial charge in [0, 0.05) is 6.54 Å². The normalized spacial score (nSPS) is 10.1. The number of aryl methyl sites for hydroxylation is 1. The number of carbonyl (C=O) groups is 1. The van der Waals surface area contributed by atoms with Gasteiger partial charge in [-0.3, -0.25) is 4.90 Å². The van der Waals surface area contributed by atoms with Crippen molar-refractivity contribution in [3.63, 3.8) is 0 Å². The summed E-state index contributed by atoms with van der Waals surface area (Å²) in [6.07, 6.45) is -0.899. The highest BCUT2D eigenvalue weighted by Crippen LogP contribution is 2.25. The third-order valence-corrected chi connectivity index (χ3v) is 2.87. The maximum Gasteiger partial charge on any atom is 0.411 e. The highest BCUT2D eigenvalue weighted by molar-refractivity contribution is 5.87. The second-order valence-corrected chi connectivity index (χ2v) is 3.68. The molecular formula is C12H17NO2. The molecule has 3 heteroatoms. The fourth-order valence-electron chi connectivity index (χ4n) is 1.64. The second kappa shape index (κ2) is 4.34. The summed E-state index contributed by atoms with van der Waals surface area (Å²) < 4.78 is 0. The molecule has 0 saturated carbocycles. The monoisotopic (exact) mass is 207 g/mol. The third-order valence-electron chi connectivity index (χ3n) is 2.87. The van der Waals surface area contributed by atoms with E-state index in [0.717, 1.165) is 16.8 Å². The summed E-state index contributed by atoms with van der Waals surface area (Å²) in [7, 11) is 0. The van der Waals surface area contributed by atoms with E-state index in [-0.39, 0.29) is 0 Å². The Kier molecular flexibility index (Phi) is 3.35. The minimum absolute atomic E-state index is 0.471. The van der Waals surface area contributed by atoms with Gasteiger partial charge in [-0.15, -0.1) is 0 Å². The number of hydrogen-bond donors (Lipinski definition) is 1. The molecule has 0 heterocycles. The topological polar surface area (TPSA) is 40.5 Å². The molecule has 0 aliphatic carbocycles. The van der Waals surface area contributed by atoms with Crippen LogP contribution in [0.3, 0.4) is 0 Å². The van der Waals surface area contributed by atoms with Crippen LogP contribution in [0, 0.1) is 20.8 Å². The van der Waals surface area contributed by atoms with Gasteiger partial charge < -0.3 is 5.11 Å². The molecule has 0 aliphatic heterocycles. The van der Waals surface area contributed by atoms with Crippen molar-refractivity contribution in [1.82, 2.24) is 0 Å². The van der Waals surface area contributed by atoms with Crippen molar-refractivity contribution in [3.8, 4) is 0 Å². The molecule has 1 aromatic carbocycles. The van der Waals surface area contributed by atoms with Crippen LogP contribution >= 0.6 is 0 Å². The molecule has 1 aromatic rings. The Morgan fingerprint density at radius 1 is 1.27 bits per heavy atom. The Morgan fingerprint density at radius 2 is 1.87 bits per heavy atom. The van der Waals surface area contributed by atoms with Crippen molar-refractivity contribution in [3.05, 3.63) is 28.8 Å². The fourth-order valence-corrected chi connectivity index (χ4v) is 1.64. The second-order valence-electron chi connectivity index (χ2n) is 3.68. The number of anilines is 1. The van der Waals surface area contributed by atoms with Gasteiger partial charge in [0.2, 0.25) is 0 Å². The molecule has 0 aliphatic rings. The van der Waals surface area contributed by atoms with E-state index in [0.29, 0.717) is 6.54 Å². The zero-order valence-corrected chi connectivity index (χ0v) is 9.66. The minimum Gasteiger partial charge on any atom is -0.465 e. The largest absolute Gasteiger partial charge is 0.465 e. The smallest absolute Gasteiger partial charge is 0.411 e. The summed E-state index contributed by atoms with van der Waals surface area (Å²) in [4.78, 5) is 12.4. The molecular weight excluding hydrogens is 190 g/mol. The molecule has 0 unspecified atom stereocenters. The maximum atomic E-state index is 11.0. The van der Waals surface area contributed by atoms with Gasteiger partial charge in [0.1, 0.15) is 0 Å². The highest BCUT2D eigenvalue weighted by atomic mass is 16.4. The van der Waals surface area contributed by atoms with E-state index in [2.05, 4.69) is 0 Å². The Hall–Kier alpha value is -1.51. The summed E-state index contributed by atoms with van der Waals surface area (Å²) in [5.41, 5.74) is 4.18. The Balaban J connectivity index is 3.25. The lowest BCUT2D eigenvalue weighted by Crippen LogP contribution is -2.29. The Labute approximate surface area is 90.3 Å². The molecule has 1 rings (SSSR count). The van der Waals surface area contributed by atoms with Gasteiger partial charge in [-0.25, -0.2) is 4.79 Å². The summed E-state index contributed by atoms with van der Waals surface area (Å²) in [6.45, 7) is 8.32. The first-order chi connectivity index (χ1) is 6.99. The molecule has 1 amide bonds. The number of rotatable bonds is 2. The molecule has 82 valence electrons. The van der Waals surface area contributed by atoms with Crippen LogP contribution in [0.25, 0.3) is 0 Å². The summed E-state index contributed by atoms with van der Waals surface area (Å²) in [5, 5.41) is 9.04. The quantitative estimate of drug-likeness (QED) is 0.809. The van der Waals surface area contributed by atoms with Crippen LogP contribution in [0.1, 0.15) is 23.6 Å². The van der Waals surface area contributed by atoms with Gasteiger partial charge in [0.05, 0.1) is 5.69 Å². The van der Waals surface area contributed by atoms with Crippen LogP contribution < -0.4 is 4.90 Å². The van der Waals surface area contributed by atoms with Crippen LogP contribution in [-0.4, -0.2) is 17.7 Å². The fraction of sp³-hybridized carbons (Fsp3) is 0.417. The van der Waals surface area contributed by atoms with Crippen LogP contribution in [-0.2, 0) is 0 Å². The van der Waals surface area contributed by atoms with Crippen molar-refractivity contribution in [2.24, 2.45) is 0 Å². The van der Waals surface area contributed by atoms with Crippen LogP contribution in [0.5, 0.6) is 0 Å². The average Bonchev–Trinajstić information content (AvgIpc) is 2.18. The van der Waals surface area contributed by atoms with Gasteiger partial charge in [0.25, 0.3) is 0 Å². The van der Waals surface area contributed by atoms with Crippen molar-refractivity contribution in [1.29, 1.82) is 0 Å². The van der Waals surface area contributed by atoms with Gasteiger partial charge in [-0.05, 0) is 50.5 Å². The van der Waals surface area contributed by atoms with E-state index in [4.69, 9.17) is 5.11 Å². The zero-order valence-electron chi connectivity index (χ0n) is 9.66. The first-order valence-electron chi connectivity index (χ1n) is 5.06. The van der Waals surface area contributed by atoms with E-state index in [1.54, 1.807) is 0 Å². The number of nitrogens with zero attached hydrogens (tertiary/aromatic N) is 1. The molecule has 0 spiro atoms. The van der Waals surface area contributed by atoms with Crippen molar-refractivity contribution in [2.45, 2.75) is 27.7 Å². The Bertz CT molecular complexity index is 385.